The van der Waals surface area contributed by atoms with E-state index in [-0.39, 0.29) is 17.0 Å². The van der Waals surface area contributed by atoms with Gasteiger partial charge < -0.3 is 9.47 Å². The smallest absolute Gasteiger partial charge is 0.165 e. The molecule has 2 nitrogen and oxygen atoms in total. The summed E-state index contributed by atoms with van der Waals surface area (Å²) in [7, 11) is 0. The van der Waals surface area contributed by atoms with Crippen LogP contribution in [-0.4, -0.2) is 6.61 Å². The maximum Gasteiger partial charge on any atom is 0.165 e. The average molecular weight is 427 g/mol. The summed E-state index contributed by atoms with van der Waals surface area (Å²) in [6.07, 6.45) is 2.87. The molecule has 0 heterocycles. The topological polar surface area (TPSA) is 18.5 Å². The van der Waals surface area contributed by atoms with Crippen molar-refractivity contribution < 1.29 is 13.9 Å². The lowest BCUT2D eigenvalue weighted by molar-refractivity contribution is 0.339. The molecule has 0 aliphatic rings. The third-order valence-corrected chi connectivity index (χ3v) is 5.50. The molecule has 0 spiro atoms. The molecule has 0 aliphatic carbocycles. The largest absolute Gasteiger partial charge is 0.494 e. The number of hydrogen-bond donors (Lipinski definition) is 0. The van der Waals surface area contributed by atoms with Crippen molar-refractivity contribution in [1.82, 2.24) is 0 Å². The van der Waals surface area contributed by atoms with E-state index in [1.54, 1.807) is 30.3 Å². The van der Waals surface area contributed by atoms with Crippen LogP contribution in [0.25, 0.3) is 0 Å². The van der Waals surface area contributed by atoms with Crippen LogP contribution in [0, 0.1) is 5.82 Å². The summed E-state index contributed by atoms with van der Waals surface area (Å²) in [5.41, 5.74) is 2.40. The molecule has 3 aromatic carbocycles. The van der Waals surface area contributed by atoms with Gasteiger partial charge in [0.1, 0.15) is 11.5 Å². The van der Waals surface area contributed by atoms with Crippen LogP contribution < -0.4 is 9.47 Å². The highest BCUT2D eigenvalue weighted by molar-refractivity contribution is 6.30. The Morgan fingerprint density at radius 1 is 0.900 bits per heavy atom. The molecule has 3 aromatic rings. The molecule has 0 N–H and O–H groups in total. The van der Waals surface area contributed by atoms with Gasteiger partial charge in [0, 0.05) is 5.02 Å². The van der Waals surface area contributed by atoms with Gasteiger partial charge in [0.25, 0.3) is 0 Å². The highest BCUT2D eigenvalue weighted by Crippen LogP contribution is 2.31. The molecule has 0 bridgehead atoms. The molecule has 0 radical (unpaired) electrons. The first-order valence-electron chi connectivity index (χ1n) is 10.3. The summed E-state index contributed by atoms with van der Waals surface area (Å²) in [6.45, 7) is 7.16. The van der Waals surface area contributed by atoms with Crippen LogP contribution in [0.15, 0.2) is 66.7 Å². The highest BCUT2D eigenvalue weighted by Gasteiger charge is 2.20. The third kappa shape index (κ3) is 5.99. The fraction of sp³-hybridized carbons (Fsp3) is 0.308. The Morgan fingerprint density at radius 2 is 1.57 bits per heavy atom. The van der Waals surface area contributed by atoms with Crippen LogP contribution in [0.4, 0.5) is 4.39 Å². The predicted molar refractivity (Wildman–Crippen MR) is 122 cm³/mol. The van der Waals surface area contributed by atoms with Gasteiger partial charge in [-0.05, 0) is 91.3 Å². The number of hydrogen-bond acceptors (Lipinski definition) is 2. The summed E-state index contributed by atoms with van der Waals surface area (Å²) in [6, 6.07) is 20.3. The summed E-state index contributed by atoms with van der Waals surface area (Å²) in [5, 5.41) is 0.617. The minimum absolute atomic E-state index is 0.0490. The van der Waals surface area contributed by atoms with Crippen molar-refractivity contribution in [2.45, 2.75) is 45.4 Å². The number of rotatable bonds is 9. The lowest BCUT2D eigenvalue weighted by atomic mass is 9.80. The Bertz CT molecular complexity index is 950. The Hall–Kier alpha value is -2.52. The molecule has 0 unspecified atom stereocenters. The standard InChI is InChI=1S/C26H28ClFO2/c1-4-29-22-12-8-20(9-13-22)26(2,3)17-5-6-19-7-16-24(28)25(18-19)30-23-14-10-21(27)11-15-23/h7-16,18H,4-6,17H2,1-3H3. The van der Waals surface area contributed by atoms with E-state index in [1.807, 2.05) is 25.1 Å². The molecule has 0 atom stereocenters. The highest BCUT2D eigenvalue weighted by atomic mass is 35.5. The normalized spacial score (nSPS) is 11.4. The van der Waals surface area contributed by atoms with Gasteiger partial charge in [-0.1, -0.05) is 43.6 Å². The monoisotopic (exact) mass is 426 g/mol. The van der Waals surface area contributed by atoms with Crippen LogP contribution >= 0.6 is 11.6 Å². The van der Waals surface area contributed by atoms with Crippen LogP contribution in [0.2, 0.25) is 5.02 Å². The molecule has 0 aromatic heterocycles. The Kier molecular flexibility index (Phi) is 7.38. The zero-order valence-corrected chi connectivity index (χ0v) is 18.5. The summed E-state index contributed by atoms with van der Waals surface area (Å²) < 4.78 is 25.4. The minimum Gasteiger partial charge on any atom is -0.494 e. The van der Waals surface area contributed by atoms with Crippen LogP contribution in [-0.2, 0) is 11.8 Å². The average Bonchev–Trinajstić information content (AvgIpc) is 2.72. The van der Waals surface area contributed by atoms with Gasteiger partial charge in [0.05, 0.1) is 6.61 Å². The SMILES string of the molecule is CCOc1ccc(C(C)(C)CCCc2ccc(F)c(Oc3ccc(Cl)cc3)c2)cc1. The number of ether oxygens (including phenoxy) is 2. The molecular formula is C26H28ClFO2. The molecule has 3 rings (SSSR count). The third-order valence-electron chi connectivity index (χ3n) is 5.25. The zero-order valence-electron chi connectivity index (χ0n) is 17.8. The second-order valence-electron chi connectivity index (χ2n) is 8.02. The Balaban J connectivity index is 1.60. The van der Waals surface area contributed by atoms with Crippen molar-refractivity contribution in [1.29, 1.82) is 0 Å². The summed E-state index contributed by atoms with van der Waals surface area (Å²) in [5.74, 6) is 1.33. The van der Waals surface area contributed by atoms with Gasteiger partial charge in [-0.3, -0.25) is 0 Å². The fourth-order valence-corrected chi connectivity index (χ4v) is 3.58. The predicted octanol–water partition coefficient (Wildman–Crippen LogP) is 7.97. The van der Waals surface area contributed by atoms with E-state index in [4.69, 9.17) is 21.1 Å². The summed E-state index contributed by atoms with van der Waals surface area (Å²) in [4.78, 5) is 0. The van der Waals surface area contributed by atoms with E-state index in [0.29, 0.717) is 17.4 Å². The Labute approximate surface area is 183 Å². The van der Waals surface area contributed by atoms with Gasteiger partial charge in [0.2, 0.25) is 0 Å². The molecule has 0 saturated carbocycles. The van der Waals surface area contributed by atoms with Gasteiger partial charge >= 0.3 is 0 Å². The van der Waals surface area contributed by atoms with Crippen LogP contribution in [0.5, 0.6) is 17.2 Å². The van der Waals surface area contributed by atoms with E-state index in [9.17, 15) is 4.39 Å². The molecule has 0 saturated heterocycles. The first-order valence-corrected chi connectivity index (χ1v) is 10.7. The van der Waals surface area contributed by atoms with E-state index in [1.165, 1.54) is 11.6 Å². The van der Waals surface area contributed by atoms with Crippen molar-refractivity contribution >= 4 is 11.6 Å². The number of aryl methyl sites for hydroxylation is 1. The first kappa shape index (κ1) is 22.2. The zero-order chi connectivity index (χ0) is 21.6. The molecule has 30 heavy (non-hydrogen) atoms. The molecule has 0 amide bonds. The quantitative estimate of drug-likeness (QED) is 0.345. The van der Waals surface area contributed by atoms with Gasteiger partial charge in [-0.25, -0.2) is 4.39 Å². The molecule has 0 aliphatic heterocycles. The van der Waals surface area contributed by atoms with Gasteiger partial charge in [-0.15, -0.1) is 0 Å². The molecule has 158 valence electrons. The number of halogens is 2. The molecule has 4 heteroatoms. The van der Waals surface area contributed by atoms with Crippen LogP contribution in [0.3, 0.4) is 0 Å². The summed E-state index contributed by atoms with van der Waals surface area (Å²) >= 11 is 5.90. The second kappa shape index (κ2) is 9.99. The fourth-order valence-electron chi connectivity index (χ4n) is 3.46. The van der Waals surface area contributed by atoms with E-state index in [0.717, 1.165) is 30.6 Å². The van der Waals surface area contributed by atoms with Crippen LogP contribution in [0.1, 0.15) is 44.7 Å². The van der Waals surface area contributed by atoms with Crippen molar-refractivity contribution in [3.8, 4) is 17.2 Å². The molecular weight excluding hydrogens is 399 g/mol. The van der Waals surface area contributed by atoms with Gasteiger partial charge in [0.15, 0.2) is 11.6 Å². The van der Waals surface area contributed by atoms with E-state index in [2.05, 4.69) is 26.0 Å². The van der Waals surface area contributed by atoms with Gasteiger partial charge in [-0.2, -0.15) is 0 Å². The van der Waals surface area contributed by atoms with Crippen molar-refractivity contribution in [2.24, 2.45) is 0 Å². The Morgan fingerprint density at radius 3 is 2.23 bits per heavy atom. The van der Waals surface area contributed by atoms with Crippen molar-refractivity contribution in [3.63, 3.8) is 0 Å². The minimum atomic E-state index is -0.372. The van der Waals surface area contributed by atoms with Crippen molar-refractivity contribution in [2.75, 3.05) is 6.61 Å². The molecule has 0 fully saturated rings. The first-order chi connectivity index (χ1) is 14.4. The maximum absolute atomic E-state index is 14.2. The lowest BCUT2D eigenvalue weighted by Gasteiger charge is -2.25. The maximum atomic E-state index is 14.2. The second-order valence-corrected chi connectivity index (χ2v) is 8.45. The van der Waals surface area contributed by atoms with Crippen molar-refractivity contribution in [3.05, 3.63) is 88.7 Å². The van der Waals surface area contributed by atoms with E-state index >= 15 is 0 Å². The number of benzene rings is 3. The van der Waals surface area contributed by atoms with E-state index < -0.39 is 0 Å². The lowest BCUT2D eigenvalue weighted by Crippen LogP contribution is -2.17.